The number of nitrogens with one attached hydrogen (secondary N) is 1. The fourth-order valence-corrected chi connectivity index (χ4v) is 0.905. The van der Waals surface area contributed by atoms with Crippen LogP contribution in [0.2, 0.25) is 0 Å². The molecule has 1 aromatic carbocycles. The molecule has 0 radical (unpaired) electrons. The van der Waals surface area contributed by atoms with E-state index >= 15 is 0 Å². The van der Waals surface area contributed by atoms with Gasteiger partial charge in [0, 0.05) is 11.3 Å². The van der Waals surface area contributed by atoms with Gasteiger partial charge in [-0.3, -0.25) is 10.1 Å². The van der Waals surface area contributed by atoms with Crippen LogP contribution in [0.15, 0.2) is 18.2 Å². The van der Waals surface area contributed by atoms with Crippen LogP contribution in [0.5, 0.6) is 0 Å². The first-order chi connectivity index (χ1) is 6.15. The number of aryl methyl sites for hydroxylation is 1. The van der Waals surface area contributed by atoms with Crippen molar-refractivity contribution in [3.63, 3.8) is 0 Å². The third-order valence-electron chi connectivity index (χ3n) is 1.71. The van der Waals surface area contributed by atoms with Gasteiger partial charge in [-0.05, 0) is 24.6 Å². The van der Waals surface area contributed by atoms with Crippen LogP contribution in [0, 0.1) is 18.4 Å². The highest BCUT2D eigenvalue weighted by atomic mass is 16.1. The lowest BCUT2D eigenvalue weighted by Crippen LogP contribution is -2.17. The van der Waals surface area contributed by atoms with E-state index in [9.17, 15) is 4.79 Å². The summed E-state index contributed by atoms with van der Waals surface area (Å²) in [5.74, 6) is -0.436. The molecule has 0 aliphatic heterocycles. The van der Waals surface area contributed by atoms with Crippen LogP contribution in [0.25, 0.3) is 0 Å². The van der Waals surface area contributed by atoms with Gasteiger partial charge in [0.2, 0.25) is 0 Å². The standard InChI is InChI=1S/C9H9N3O/c1-6-2-3-7(4-8(6)11)9(13)12-5-10/h2-4H,11H2,1H3,(H,12,13). The lowest BCUT2D eigenvalue weighted by atomic mass is 10.1. The van der Waals surface area contributed by atoms with Gasteiger partial charge in [-0.2, -0.15) is 5.26 Å². The molecule has 0 aliphatic carbocycles. The number of carbonyl (C=O) groups excluding carboxylic acids is 1. The van der Waals surface area contributed by atoms with Gasteiger partial charge in [-0.15, -0.1) is 0 Å². The van der Waals surface area contributed by atoms with Crippen molar-refractivity contribution in [1.29, 1.82) is 5.26 Å². The Hall–Kier alpha value is -2.02. The molecule has 3 N–H and O–H groups in total. The molecule has 0 spiro atoms. The Labute approximate surface area is 76.0 Å². The molecule has 4 heteroatoms. The van der Waals surface area contributed by atoms with Crippen molar-refractivity contribution in [2.24, 2.45) is 0 Å². The third kappa shape index (κ3) is 1.97. The smallest absolute Gasteiger partial charge is 0.264 e. The molecule has 0 bridgehead atoms. The predicted octanol–water partition coefficient (Wildman–Crippen LogP) is 0.788. The van der Waals surface area contributed by atoms with Gasteiger partial charge in [0.25, 0.3) is 5.91 Å². The SMILES string of the molecule is Cc1ccc(C(=O)NC#N)cc1N. The van der Waals surface area contributed by atoms with Crippen LogP contribution in [-0.4, -0.2) is 5.91 Å². The first-order valence-electron chi connectivity index (χ1n) is 3.70. The lowest BCUT2D eigenvalue weighted by molar-refractivity contribution is 0.0973. The minimum atomic E-state index is -0.436. The molecule has 0 saturated carbocycles. The fourth-order valence-electron chi connectivity index (χ4n) is 0.905. The highest BCUT2D eigenvalue weighted by Gasteiger charge is 2.04. The maximum absolute atomic E-state index is 11.1. The molecule has 0 fully saturated rings. The van der Waals surface area contributed by atoms with Crippen LogP contribution in [-0.2, 0) is 0 Å². The number of anilines is 1. The molecule has 1 aromatic rings. The molecular formula is C9H9N3O. The quantitative estimate of drug-likeness (QED) is 0.376. The number of benzene rings is 1. The first kappa shape index (κ1) is 9.07. The number of carbonyl (C=O) groups is 1. The fraction of sp³-hybridized carbons (Fsp3) is 0.111. The number of hydrogen-bond acceptors (Lipinski definition) is 3. The summed E-state index contributed by atoms with van der Waals surface area (Å²) in [4.78, 5) is 11.1. The van der Waals surface area contributed by atoms with Crippen molar-refractivity contribution in [3.05, 3.63) is 29.3 Å². The molecular weight excluding hydrogens is 166 g/mol. The molecule has 0 saturated heterocycles. The van der Waals surface area contributed by atoms with Crippen molar-refractivity contribution in [1.82, 2.24) is 5.32 Å². The second-order valence-corrected chi connectivity index (χ2v) is 2.64. The van der Waals surface area contributed by atoms with Crippen LogP contribution < -0.4 is 11.1 Å². The topological polar surface area (TPSA) is 78.9 Å². The van der Waals surface area contributed by atoms with Crippen LogP contribution >= 0.6 is 0 Å². The van der Waals surface area contributed by atoms with E-state index in [0.29, 0.717) is 11.3 Å². The summed E-state index contributed by atoms with van der Waals surface area (Å²) in [6.07, 6.45) is 1.56. The molecule has 0 unspecified atom stereocenters. The van der Waals surface area contributed by atoms with Gasteiger partial charge in [-0.25, -0.2) is 0 Å². The summed E-state index contributed by atoms with van der Waals surface area (Å²) >= 11 is 0. The summed E-state index contributed by atoms with van der Waals surface area (Å²) in [6, 6.07) is 4.90. The van der Waals surface area contributed by atoms with Gasteiger partial charge in [0.1, 0.15) is 0 Å². The van der Waals surface area contributed by atoms with Gasteiger partial charge < -0.3 is 5.73 Å². The van der Waals surface area contributed by atoms with Crippen molar-refractivity contribution >= 4 is 11.6 Å². The zero-order valence-corrected chi connectivity index (χ0v) is 7.16. The highest BCUT2D eigenvalue weighted by Crippen LogP contribution is 2.12. The number of nitrogens with zero attached hydrogens (tertiary/aromatic N) is 1. The van der Waals surface area contributed by atoms with Crippen molar-refractivity contribution in [3.8, 4) is 6.19 Å². The van der Waals surface area contributed by atoms with Gasteiger partial charge in [-0.1, -0.05) is 6.07 Å². The summed E-state index contributed by atoms with van der Waals surface area (Å²) in [5, 5.41) is 10.2. The van der Waals surface area contributed by atoms with Gasteiger partial charge >= 0.3 is 0 Å². The van der Waals surface area contributed by atoms with Crippen LogP contribution in [0.3, 0.4) is 0 Å². The lowest BCUT2D eigenvalue weighted by Gasteiger charge is -2.01. The Kier molecular flexibility index (Phi) is 2.50. The van der Waals surface area contributed by atoms with Crippen molar-refractivity contribution < 1.29 is 4.79 Å². The molecule has 4 nitrogen and oxygen atoms in total. The predicted molar refractivity (Wildman–Crippen MR) is 48.7 cm³/mol. The van der Waals surface area contributed by atoms with Crippen LogP contribution in [0.1, 0.15) is 15.9 Å². The Morgan fingerprint density at radius 2 is 2.31 bits per heavy atom. The van der Waals surface area contributed by atoms with E-state index in [4.69, 9.17) is 11.0 Å². The van der Waals surface area contributed by atoms with E-state index in [1.54, 1.807) is 24.4 Å². The largest absolute Gasteiger partial charge is 0.398 e. The molecule has 0 atom stereocenters. The number of nitrogens with two attached hydrogens (primary N) is 1. The molecule has 1 amide bonds. The molecule has 1 rings (SSSR count). The molecule has 0 aliphatic rings. The number of nitrogen functional groups attached to an aromatic ring is 1. The maximum atomic E-state index is 11.1. The van der Waals surface area contributed by atoms with E-state index in [1.807, 2.05) is 12.2 Å². The Morgan fingerprint density at radius 1 is 1.62 bits per heavy atom. The van der Waals surface area contributed by atoms with E-state index in [-0.39, 0.29) is 0 Å². The van der Waals surface area contributed by atoms with Crippen molar-refractivity contribution in [2.75, 3.05) is 5.73 Å². The average Bonchev–Trinajstić information content (AvgIpc) is 2.10. The number of hydrogen-bond donors (Lipinski definition) is 2. The van der Waals surface area contributed by atoms with E-state index in [1.165, 1.54) is 0 Å². The average molecular weight is 175 g/mol. The zero-order valence-electron chi connectivity index (χ0n) is 7.16. The summed E-state index contributed by atoms with van der Waals surface area (Å²) in [7, 11) is 0. The Bertz CT molecular complexity index is 379. The van der Waals surface area contributed by atoms with Crippen molar-refractivity contribution in [2.45, 2.75) is 6.92 Å². The third-order valence-corrected chi connectivity index (χ3v) is 1.71. The second-order valence-electron chi connectivity index (χ2n) is 2.64. The second kappa shape index (κ2) is 3.59. The van der Waals surface area contributed by atoms with E-state index in [0.717, 1.165) is 5.56 Å². The molecule has 13 heavy (non-hydrogen) atoms. The number of nitriles is 1. The number of rotatable bonds is 1. The van der Waals surface area contributed by atoms with Gasteiger partial charge in [0.05, 0.1) is 0 Å². The van der Waals surface area contributed by atoms with Crippen LogP contribution in [0.4, 0.5) is 5.69 Å². The minimum Gasteiger partial charge on any atom is -0.398 e. The Morgan fingerprint density at radius 3 is 2.85 bits per heavy atom. The first-order valence-corrected chi connectivity index (χ1v) is 3.70. The normalized spacial score (nSPS) is 8.92. The summed E-state index contributed by atoms with van der Waals surface area (Å²) in [5.41, 5.74) is 7.44. The molecule has 0 heterocycles. The summed E-state index contributed by atoms with van der Waals surface area (Å²) in [6.45, 7) is 1.85. The monoisotopic (exact) mass is 175 g/mol. The highest BCUT2D eigenvalue weighted by molar-refractivity contribution is 5.96. The Balaban J connectivity index is 2.98. The molecule has 0 aromatic heterocycles. The molecule has 66 valence electrons. The minimum absolute atomic E-state index is 0.393. The zero-order chi connectivity index (χ0) is 9.84. The number of amides is 1. The van der Waals surface area contributed by atoms with E-state index < -0.39 is 5.91 Å². The summed E-state index contributed by atoms with van der Waals surface area (Å²) < 4.78 is 0. The van der Waals surface area contributed by atoms with Gasteiger partial charge in [0.15, 0.2) is 6.19 Å². The maximum Gasteiger partial charge on any atom is 0.264 e. The van der Waals surface area contributed by atoms with E-state index in [2.05, 4.69) is 0 Å².